The Balaban J connectivity index is 2.46. The molecule has 0 saturated heterocycles. The first-order valence-corrected chi connectivity index (χ1v) is 5.75. The molecule has 0 radical (unpaired) electrons. The van der Waals surface area contributed by atoms with Crippen LogP contribution in [0.4, 0.5) is 0 Å². The van der Waals surface area contributed by atoms with E-state index in [0.717, 1.165) is 19.3 Å². The molecular weight excluding hydrogens is 190 g/mol. The number of rotatable bonds is 5. The van der Waals surface area contributed by atoms with Crippen molar-refractivity contribution in [3.63, 3.8) is 0 Å². The third kappa shape index (κ3) is 4.47. The molecule has 2 atom stereocenters. The molecule has 15 heavy (non-hydrogen) atoms. The molecular formula is C12H21NO2. The first-order chi connectivity index (χ1) is 7.09. The lowest BCUT2D eigenvalue weighted by molar-refractivity contribution is -0.140. The van der Waals surface area contributed by atoms with Crippen LogP contribution in [0.1, 0.15) is 39.5 Å². The zero-order valence-electron chi connectivity index (χ0n) is 9.57. The van der Waals surface area contributed by atoms with Gasteiger partial charge in [-0.1, -0.05) is 26.0 Å². The molecule has 0 spiro atoms. The molecule has 0 bridgehead atoms. The molecule has 0 amide bonds. The number of allylic oxidation sites excluding steroid dienone is 1. The Morgan fingerprint density at radius 2 is 2.33 bits per heavy atom. The minimum absolute atomic E-state index is 0.249. The third-order valence-corrected chi connectivity index (χ3v) is 2.67. The number of carboxylic acid groups (broad SMARTS) is 1. The fourth-order valence-corrected chi connectivity index (χ4v) is 1.92. The van der Waals surface area contributed by atoms with Crippen molar-refractivity contribution in [2.45, 2.75) is 51.6 Å². The summed E-state index contributed by atoms with van der Waals surface area (Å²) in [5.41, 5.74) is 0. The van der Waals surface area contributed by atoms with Gasteiger partial charge in [0.1, 0.15) is 6.04 Å². The van der Waals surface area contributed by atoms with Crippen molar-refractivity contribution < 1.29 is 9.90 Å². The number of carbonyl (C=O) groups is 1. The maximum absolute atomic E-state index is 11.0. The Morgan fingerprint density at radius 1 is 1.60 bits per heavy atom. The fourth-order valence-electron chi connectivity index (χ4n) is 1.92. The molecule has 2 unspecified atom stereocenters. The maximum Gasteiger partial charge on any atom is 0.320 e. The summed E-state index contributed by atoms with van der Waals surface area (Å²) in [5.74, 6) is -0.325. The van der Waals surface area contributed by atoms with Crippen molar-refractivity contribution >= 4 is 5.97 Å². The number of aliphatic carboxylic acids is 1. The van der Waals surface area contributed by atoms with Gasteiger partial charge in [-0.15, -0.1) is 0 Å². The molecule has 0 heterocycles. The Hall–Kier alpha value is -0.830. The first-order valence-electron chi connectivity index (χ1n) is 5.75. The van der Waals surface area contributed by atoms with E-state index in [0.29, 0.717) is 12.3 Å². The SMILES string of the molecule is CC(C)CC(NC1C=CCCC1)C(=O)O. The highest BCUT2D eigenvalue weighted by Gasteiger charge is 2.21. The molecule has 1 aliphatic carbocycles. The normalized spacial score (nSPS) is 23.0. The Labute approximate surface area is 91.6 Å². The second-order valence-electron chi connectivity index (χ2n) is 4.65. The molecule has 86 valence electrons. The van der Waals surface area contributed by atoms with Crippen LogP contribution >= 0.6 is 0 Å². The molecule has 3 nitrogen and oxygen atoms in total. The average molecular weight is 211 g/mol. The molecule has 1 aliphatic rings. The van der Waals surface area contributed by atoms with Crippen LogP contribution < -0.4 is 5.32 Å². The van der Waals surface area contributed by atoms with Gasteiger partial charge in [0, 0.05) is 6.04 Å². The number of nitrogens with one attached hydrogen (secondary N) is 1. The smallest absolute Gasteiger partial charge is 0.320 e. The van der Waals surface area contributed by atoms with Gasteiger partial charge in [-0.25, -0.2) is 0 Å². The van der Waals surface area contributed by atoms with Crippen LogP contribution in [-0.4, -0.2) is 23.2 Å². The van der Waals surface area contributed by atoms with Gasteiger partial charge in [0.05, 0.1) is 0 Å². The van der Waals surface area contributed by atoms with Crippen LogP contribution in [0.5, 0.6) is 0 Å². The molecule has 0 fully saturated rings. The average Bonchev–Trinajstić information content (AvgIpc) is 2.17. The van der Waals surface area contributed by atoms with Crippen LogP contribution in [0.2, 0.25) is 0 Å². The summed E-state index contributed by atoms with van der Waals surface area (Å²) in [6, 6.07) is -0.156. The Bertz CT molecular complexity index is 236. The molecule has 0 aliphatic heterocycles. The molecule has 2 N–H and O–H groups in total. The van der Waals surface area contributed by atoms with Crippen molar-refractivity contribution in [1.82, 2.24) is 5.32 Å². The van der Waals surface area contributed by atoms with E-state index in [1.165, 1.54) is 0 Å². The minimum Gasteiger partial charge on any atom is -0.480 e. The second kappa shape index (κ2) is 5.91. The number of hydrogen-bond donors (Lipinski definition) is 2. The lowest BCUT2D eigenvalue weighted by Crippen LogP contribution is -2.43. The standard InChI is InChI=1S/C12H21NO2/c1-9(2)8-11(12(14)15)13-10-6-4-3-5-7-10/h4,6,9-11,13H,3,5,7-8H2,1-2H3,(H,14,15). The zero-order valence-corrected chi connectivity index (χ0v) is 9.57. The van der Waals surface area contributed by atoms with Gasteiger partial charge in [-0.05, 0) is 31.6 Å². The first kappa shape index (κ1) is 12.2. The summed E-state index contributed by atoms with van der Waals surface area (Å²) >= 11 is 0. The van der Waals surface area contributed by atoms with Crippen LogP contribution in [-0.2, 0) is 4.79 Å². The molecule has 1 rings (SSSR count). The van der Waals surface area contributed by atoms with E-state index in [-0.39, 0.29) is 6.04 Å². The summed E-state index contributed by atoms with van der Waals surface area (Å²) in [7, 11) is 0. The van der Waals surface area contributed by atoms with Gasteiger partial charge in [0.25, 0.3) is 0 Å². The summed E-state index contributed by atoms with van der Waals surface area (Å²) in [6.45, 7) is 4.10. The van der Waals surface area contributed by atoms with Crippen molar-refractivity contribution in [2.75, 3.05) is 0 Å². The molecule has 3 heteroatoms. The number of carboxylic acids is 1. The predicted molar refractivity (Wildman–Crippen MR) is 60.8 cm³/mol. The highest BCUT2D eigenvalue weighted by Crippen LogP contribution is 2.13. The highest BCUT2D eigenvalue weighted by atomic mass is 16.4. The van der Waals surface area contributed by atoms with E-state index >= 15 is 0 Å². The molecule has 0 aromatic rings. The lowest BCUT2D eigenvalue weighted by Gasteiger charge is -2.23. The predicted octanol–water partition coefficient (Wildman–Crippen LogP) is 2.18. The van der Waals surface area contributed by atoms with Crippen molar-refractivity contribution in [2.24, 2.45) is 5.92 Å². The van der Waals surface area contributed by atoms with Gasteiger partial charge in [0.15, 0.2) is 0 Å². The summed E-state index contributed by atoms with van der Waals surface area (Å²) in [4.78, 5) is 11.0. The van der Waals surface area contributed by atoms with Crippen LogP contribution in [0.25, 0.3) is 0 Å². The minimum atomic E-state index is -0.734. The van der Waals surface area contributed by atoms with Crippen LogP contribution in [0.15, 0.2) is 12.2 Å². The van der Waals surface area contributed by atoms with Gasteiger partial charge in [-0.3, -0.25) is 10.1 Å². The van der Waals surface area contributed by atoms with E-state index in [9.17, 15) is 4.79 Å². The largest absolute Gasteiger partial charge is 0.480 e. The van der Waals surface area contributed by atoms with E-state index in [1.807, 2.05) is 13.8 Å². The van der Waals surface area contributed by atoms with E-state index in [2.05, 4.69) is 17.5 Å². The Morgan fingerprint density at radius 3 is 2.80 bits per heavy atom. The summed E-state index contributed by atoms with van der Waals surface area (Å²) in [6.07, 6.45) is 8.26. The third-order valence-electron chi connectivity index (χ3n) is 2.67. The molecule has 0 saturated carbocycles. The number of hydrogen-bond acceptors (Lipinski definition) is 2. The van der Waals surface area contributed by atoms with Gasteiger partial charge in [-0.2, -0.15) is 0 Å². The van der Waals surface area contributed by atoms with E-state index < -0.39 is 12.0 Å². The maximum atomic E-state index is 11.0. The van der Waals surface area contributed by atoms with Crippen molar-refractivity contribution in [1.29, 1.82) is 0 Å². The lowest BCUT2D eigenvalue weighted by atomic mass is 9.99. The summed E-state index contributed by atoms with van der Waals surface area (Å²) in [5, 5.41) is 12.3. The molecule has 0 aromatic heterocycles. The second-order valence-corrected chi connectivity index (χ2v) is 4.65. The topological polar surface area (TPSA) is 49.3 Å². The fraction of sp³-hybridized carbons (Fsp3) is 0.750. The van der Waals surface area contributed by atoms with Crippen LogP contribution in [0, 0.1) is 5.92 Å². The highest BCUT2D eigenvalue weighted by molar-refractivity contribution is 5.73. The van der Waals surface area contributed by atoms with Crippen molar-refractivity contribution in [3.8, 4) is 0 Å². The van der Waals surface area contributed by atoms with Gasteiger partial charge >= 0.3 is 5.97 Å². The quantitative estimate of drug-likeness (QED) is 0.685. The molecule has 0 aromatic carbocycles. The Kier molecular flexibility index (Phi) is 4.82. The summed E-state index contributed by atoms with van der Waals surface area (Å²) < 4.78 is 0. The van der Waals surface area contributed by atoms with E-state index in [1.54, 1.807) is 0 Å². The van der Waals surface area contributed by atoms with Gasteiger partial charge in [0.2, 0.25) is 0 Å². The van der Waals surface area contributed by atoms with Crippen molar-refractivity contribution in [3.05, 3.63) is 12.2 Å². The zero-order chi connectivity index (χ0) is 11.3. The van der Waals surface area contributed by atoms with E-state index in [4.69, 9.17) is 5.11 Å². The van der Waals surface area contributed by atoms with Crippen LogP contribution in [0.3, 0.4) is 0 Å². The monoisotopic (exact) mass is 211 g/mol. The van der Waals surface area contributed by atoms with Gasteiger partial charge < -0.3 is 5.11 Å².